The molecule has 2 bridgehead atoms. The predicted molar refractivity (Wildman–Crippen MR) is 107 cm³/mol. The Balaban J connectivity index is 1.37. The lowest BCUT2D eigenvalue weighted by atomic mass is 9.76. The Labute approximate surface area is 167 Å². The monoisotopic (exact) mass is 382 g/mol. The second-order valence-corrected chi connectivity index (χ2v) is 8.67. The lowest BCUT2D eigenvalue weighted by Gasteiger charge is -2.26. The zero-order chi connectivity index (χ0) is 19.5. The Hall–Kier alpha value is -1.94. The molecule has 4 heteroatoms. The van der Waals surface area contributed by atoms with Crippen molar-refractivity contribution in [2.75, 3.05) is 0 Å². The number of aromatic carboxylic acids is 1. The fourth-order valence-corrected chi connectivity index (χ4v) is 5.33. The highest BCUT2D eigenvalue weighted by molar-refractivity contribution is 5.91. The van der Waals surface area contributed by atoms with Gasteiger partial charge in [-0.2, -0.15) is 0 Å². The molecule has 1 aromatic rings. The number of carboxylic acid groups (broad SMARTS) is 1. The largest absolute Gasteiger partial charge is 0.478 e. The standard InChI is InChI=1S/C24H30O4/c25-21(17-4-2-1-3-5-17)13-12-20-19(22-14-15-23(20)28-22)11-8-16-6-9-18(10-7-16)24(26)27/h6-7,9-10,12-13,17,19-20,22-23H,1-5,8,11,14-15H2,(H,26,27)/t19-,20+,22-,23+/m1/s1. The number of ketones is 1. The number of carbonyl (C=O) groups excluding carboxylic acids is 1. The van der Waals surface area contributed by atoms with Crippen LogP contribution in [0.3, 0.4) is 0 Å². The van der Waals surface area contributed by atoms with Crippen LogP contribution in [0, 0.1) is 17.8 Å². The van der Waals surface area contributed by atoms with Crippen LogP contribution in [0.25, 0.3) is 0 Å². The third-order valence-electron chi connectivity index (χ3n) is 6.94. The van der Waals surface area contributed by atoms with E-state index < -0.39 is 5.97 Å². The molecule has 3 fully saturated rings. The van der Waals surface area contributed by atoms with Crippen molar-refractivity contribution in [1.29, 1.82) is 0 Å². The van der Waals surface area contributed by atoms with Crippen molar-refractivity contribution in [1.82, 2.24) is 0 Å². The molecule has 0 amide bonds. The van der Waals surface area contributed by atoms with Crippen molar-refractivity contribution in [2.24, 2.45) is 17.8 Å². The highest BCUT2D eigenvalue weighted by Gasteiger charge is 2.47. The summed E-state index contributed by atoms with van der Waals surface area (Å²) in [6.45, 7) is 0. The number of rotatable bonds is 7. The fraction of sp³-hybridized carbons (Fsp3) is 0.583. The van der Waals surface area contributed by atoms with Crippen LogP contribution in [-0.4, -0.2) is 29.1 Å². The molecule has 0 unspecified atom stereocenters. The summed E-state index contributed by atoms with van der Waals surface area (Å²) in [6, 6.07) is 7.17. The van der Waals surface area contributed by atoms with E-state index >= 15 is 0 Å². The molecule has 3 aliphatic rings. The normalized spacial score (nSPS) is 30.1. The molecule has 1 saturated carbocycles. The van der Waals surface area contributed by atoms with Gasteiger partial charge in [0.25, 0.3) is 0 Å². The number of aryl methyl sites for hydroxylation is 1. The third-order valence-corrected chi connectivity index (χ3v) is 6.94. The van der Waals surface area contributed by atoms with Gasteiger partial charge in [-0.3, -0.25) is 4.79 Å². The number of fused-ring (bicyclic) bond motifs is 2. The van der Waals surface area contributed by atoms with Gasteiger partial charge in [-0.25, -0.2) is 4.79 Å². The van der Waals surface area contributed by atoms with E-state index in [0.29, 0.717) is 29.3 Å². The van der Waals surface area contributed by atoms with Gasteiger partial charge in [0.2, 0.25) is 0 Å². The van der Waals surface area contributed by atoms with E-state index in [1.54, 1.807) is 12.1 Å². The zero-order valence-electron chi connectivity index (χ0n) is 16.4. The number of carboxylic acids is 1. The van der Waals surface area contributed by atoms with Crippen LogP contribution < -0.4 is 0 Å². The summed E-state index contributed by atoms with van der Waals surface area (Å²) in [7, 11) is 0. The van der Waals surface area contributed by atoms with Gasteiger partial charge >= 0.3 is 5.97 Å². The van der Waals surface area contributed by atoms with E-state index in [4.69, 9.17) is 9.84 Å². The lowest BCUT2D eigenvalue weighted by Crippen LogP contribution is -2.26. The molecular formula is C24H30O4. The van der Waals surface area contributed by atoms with E-state index in [0.717, 1.165) is 44.1 Å². The molecule has 0 aromatic heterocycles. The van der Waals surface area contributed by atoms with Gasteiger partial charge in [-0.05, 0) is 68.2 Å². The Kier molecular flexibility index (Phi) is 5.96. The number of allylic oxidation sites excluding steroid dienone is 1. The molecule has 4 nitrogen and oxygen atoms in total. The van der Waals surface area contributed by atoms with E-state index in [1.165, 1.54) is 19.3 Å². The maximum absolute atomic E-state index is 12.6. The minimum absolute atomic E-state index is 0.232. The number of hydrogen-bond donors (Lipinski definition) is 1. The summed E-state index contributed by atoms with van der Waals surface area (Å²) in [5, 5.41) is 9.03. The van der Waals surface area contributed by atoms with Crippen molar-refractivity contribution in [2.45, 2.75) is 70.0 Å². The lowest BCUT2D eigenvalue weighted by molar-refractivity contribution is -0.119. The molecule has 2 saturated heterocycles. The minimum atomic E-state index is -0.888. The molecule has 150 valence electrons. The molecule has 4 rings (SSSR count). The van der Waals surface area contributed by atoms with E-state index in [1.807, 2.05) is 18.2 Å². The molecule has 1 N–H and O–H groups in total. The van der Waals surface area contributed by atoms with Gasteiger partial charge in [-0.1, -0.05) is 37.5 Å². The van der Waals surface area contributed by atoms with Crippen molar-refractivity contribution in [3.8, 4) is 0 Å². The Bertz CT molecular complexity index is 729. The summed E-state index contributed by atoms with van der Waals surface area (Å²) in [4.78, 5) is 23.6. The second-order valence-electron chi connectivity index (χ2n) is 8.67. The van der Waals surface area contributed by atoms with Crippen molar-refractivity contribution in [3.63, 3.8) is 0 Å². The topological polar surface area (TPSA) is 63.6 Å². The summed E-state index contributed by atoms with van der Waals surface area (Å²) >= 11 is 0. The first-order valence-corrected chi connectivity index (χ1v) is 10.8. The maximum Gasteiger partial charge on any atom is 0.335 e. The molecule has 1 aromatic carbocycles. The Morgan fingerprint density at radius 1 is 1.00 bits per heavy atom. The third kappa shape index (κ3) is 4.22. The summed E-state index contributed by atoms with van der Waals surface area (Å²) < 4.78 is 6.17. The molecule has 4 atom stereocenters. The predicted octanol–water partition coefficient (Wildman–Crippen LogP) is 4.82. The van der Waals surface area contributed by atoms with Gasteiger partial charge in [0.1, 0.15) is 0 Å². The van der Waals surface area contributed by atoms with Crippen LogP contribution in [0.15, 0.2) is 36.4 Å². The van der Waals surface area contributed by atoms with Gasteiger partial charge in [0.05, 0.1) is 17.8 Å². The van der Waals surface area contributed by atoms with Crippen LogP contribution >= 0.6 is 0 Å². The van der Waals surface area contributed by atoms with Crippen LogP contribution in [0.1, 0.15) is 67.3 Å². The first-order chi connectivity index (χ1) is 13.6. The number of carbonyl (C=O) groups is 2. The first kappa shape index (κ1) is 19.4. The van der Waals surface area contributed by atoms with Crippen LogP contribution in [0.4, 0.5) is 0 Å². The summed E-state index contributed by atoms with van der Waals surface area (Å²) in [5.41, 5.74) is 1.49. The van der Waals surface area contributed by atoms with E-state index in [2.05, 4.69) is 6.08 Å². The SMILES string of the molecule is O=C(O)c1ccc(CC[C@@H]2[C@H](C=CC(=O)C3CCCCC3)[C@@H]3CC[C@H]2O3)cc1. The number of ether oxygens (including phenoxy) is 1. The minimum Gasteiger partial charge on any atom is -0.478 e. The maximum atomic E-state index is 12.6. The van der Waals surface area contributed by atoms with Gasteiger partial charge < -0.3 is 9.84 Å². The van der Waals surface area contributed by atoms with Crippen LogP contribution in [0.5, 0.6) is 0 Å². The van der Waals surface area contributed by atoms with Crippen LogP contribution in [-0.2, 0) is 16.0 Å². The van der Waals surface area contributed by atoms with Crippen molar-refractivity contribution < 1.29 is 19.4 Å². The Morgan fingerprint density at radius 3 is 2.43 bits per heavy atom. The quantitative estimate of drug-likeness (QED) is 0.687. The van der Waals surface area contributed by atoms with Gasteiger partial charge in [0.15, 0.2) is 5.78 Å². The van der Waals surface area contributed by atoms with Crippen molar-refractivity contribution in [3.05, 3.63) is 47.5 Å². The van der Waals surface area contributed by atoms with Crippen LogP contribution in [0.2, 0.25) is 0 Å². The van der Waals surface area contributed by atoms with E-state index in [9.17, 15) is 9.59 Å². The smallest absolute Gasteiger partial charge is 0.335 e. The molecule has 0 radical (unpaired) electrons. The molecule has 0 spiro atoms. The molecule has 28 heavy (non-hydrogen) atoms. The zero-order valence-corrected chi connectivity index (χ0v) is 16.4. The first-order valence-electron chi connectivity index (χ1n) is 10.8. The average Bonchev–Trinajstić information content (AvgIpc) is 3.33. The number of hydrogen-bond acceptors (Lipinski definition) is 3. The average molecular weight is 383 g/mol. The summed E-state index contributed by atoms with van der Waals surface area (Å²) in [5.74, 6) is 0.444. The van der Waals surface area contributed by atoms with E-state index in [-0.39, 0.29) is 12.0 Å². The second kappa shape index (κ2) is 8.60. The van der Waals surface area contributed by atoms with Gasteiger partial charge in [0, 0.05) is 11.8 Å². The Morgan fingerprint density at radius 2 is 1.71 bits per heavy atom. The molecule has 2 aliphatic heterocycles. The fourth-order valence-electron chi connectivity index (χ4n) is 5.33. The molecule has 1 aliphatic carbocycles. The highest BCUT2D eigenvalue weighted by Crippen LogP contribution is 2.46. The highest BCUT2D eigenvalue weighted by atomic mass is 16.5. The summed E-state index contributed by atoms with van der Waals surface area (Å²) in [6.07, 6.45) is 14.5. The molecular weight excluding hydrogens is 352 g/mol. The van der Waals surface area contributed by atoms with Gasteiger partial charge in [-0.15, -0.1) is 0 Å². The number of benzene rings is 1. The van der Waals surface area contributed by atoms with Crippen molar-refractivity contribution >= 4 is 11.8 Å². The molecule has 2 heterocycles.